The van der Waals surface area contributed by atoms with Gasteiger partial charge in [0.2, 0.25) is 0 Å². The summed E-state index contributed by atoms with van der Waals surface area (Å²) in [5.41, 5.74) is 1.52. The van der Waals surface area contributed by atoms with E-state index >= 15 is 0 Å². The molecular formula is C16H22BrN. The smallest absolute Gasteiger partial charge is 0.0178 e. The van der Waals surface area contributed by atoms with Crippen LogP contribution in [0.15, 0.2) is 28.7 Å². The Morgan fingerprint density at radius 1 is 1.17 bits per heavy atom. The zero-order valence-corrected chi connectivity index (χ0v) is 12.5. The number of hydrogen-bond donors (Lipinski definition) is 1. The van der Waals surface area contributed by atoms with Crippen LogP contribution in [0.3, 0.4) is 0 Å². The van der Waals surface area contributed by atoms with E-state index in [0.29, 0.717) is 5.92 Å². The van der Waals surface area contributed by atoms with E-state index in [1.54, 1.807) is 0 Å². The van der Waals surface area contributed by atoms with Gasteiger partial charge in [0.05, 0.1) is 0 Å². The van der Waals surface area contributed by atoms with Gasteiger partial charge < -0.3 is 5.32 Å². The van der Waals surface area contributed by atoms with Crippen LogP contribution in [0.4, 0.5) is 0 Å². The Labute approximate surface area is 118 Å². The fraction of sp³-hybridized carbons (Fsp3) is 0.625. The van der Waals surface area contributed by atoms with Crippen molar-refractivity contribution in [3.8, 4) is 0 Å². The number of benzene rings is 1. The van der Waals surface area contributed by atoms with Crippen LogP contribution in [0, 0.1) is 5.92 Å². The summed E-state index contributed by atoms with van der Waals surface area (Å²) < 4.78 is 1.22. The molecule has 1 N–H and O–H groups in total. The Morgan fingerprint density at radius 2 is 1.94 bits per heavy atom. The second kappa shape index (κ2) is 5.75. The summed E-state index contributed by atoms with van der Waals surface area (Å²) in [5, 5.41) is 3.74. The van der Waals surface area contributed by atoms with E-state index in [2.05, 4.69) is 45.5 Å². The van der Waals surface area contributed by atoms with Gasteiger partial charge in [-0.05, 0) is 55.2 Å². The molecule has 2 saturated carbocycles. The first-order valence-electron chi connectivity index (χ1n) is 7.32. The number of halogens is 1. The highest BCUT2D eigenvalue weighted by molar-refractivity contribution is 9.10. The van der Waals surface area contributed by atoms with Gasteiger partial charge in [-0.25, -0.2) is 0 Å². The SMILES string of the molecule is Brc1cccc(C(CNC2CC2)C2CCCC2)c1. The van der Waals surface area contributed by atoms with Crippen molar-refractivity contribution in [2.24, 2.45) is 5.92 Å². The number of nitrogens with one attached hydrogen (secondary N) is 1. The zero-order valence-electron chi connectivity index (χ0n) is 10.9. The maximum absolute atomic E-state index is 3.74. The zero-order chi connectivity index (χ0) is 12.4. The van der Waals surface area contributed by atoms with E-state index in [4.69, 9.17) is 0 Å². The predicted octanol–water partition coefficient (Wildman–Crippen LogP) is 4.47. The molecule has 1 nitrogen and oxygen atoms in total. The first-order chi connectivity index (χ1) is 8.83. The molecule has 98 valence electrons. The number of hydrogen-bond acceptors (Lipinski definition) is 1. The maximum atomic E-state index is 3.74. The van der Waals surface area contributed by atoms with E-state index in [9.17, 15) is 0 Å². The third kappa shape index (κ3) is 3.16. The van der Waals surface area contributed by atoms with Crippen molar-refractivity contribution in [2.45, 2.75) is 50.5 Å². The van der Waals surface area contributed by atoms with Crippen LogP contribution in [-0.4, -0.2) is 12.6 Å². The highest BCUT2D eigenvalue weighted by Gasteiger charge is 2.28. The minimum atomic E-state index is 0.714. The molecule has 0 amide bonds. The molecule has 2 aliphatic rings. The van der Waals surface area contributed by atoms with Gasteiger partial charge in [0.1, 0.15) is 0 Å². The molecule has 1 aromatic carbocycles. The van der Waals surface area contributed by atoms with E-state index in [0.717, 1.165) is 12.0 Å². The van der Waals surface area contributed by atoms with Gasteiger partial charge in [-0.1, -0.05) is 40.9 Å². The third-order valence-corrected chi connectivity index (χ3v) is 4.94. The lowest BCUT2D eigenvalue weighted by molar-refractivity contribution is 0.410. The van der Waals surface area contributed by atoms with Crippen LogP contribution >= 0.6 is 15.9 Å². The standard InChI is InChI=1S/C16H22BrN/c17-14-7-3-6-13(10-14)16(11-18-15-8-9-15)12-4-1-2-5-12/h3,6-7,10,12,15-16,18H,1-2,4-5,8-9,11H2. The molecule has 1 atom stereocenters. The molecule has 0 aliphatic heterocycles. The lowest BCUT2D eigenvalue weighted by Crippen LogP contribution is -2.27. The normalized spacial score (nSPS) is 22.3. The fourth-order valence-electron chi connectivity index (χ4n) is 3.23. The second-order valence-corrected chi connectivity index (χ2v) is 6.80. The van der Waals surface area contributed by atoms with Crippen molar-refractivity contribution in [3.63, 3.8) is 0 Å². The van der Waals surface area contributed by atoms with Crippen molar-refractivity contribution in [1.29, 1.82) is 0 Å². The molecule has 0 spiro atoms. The molecule has 2 fully saturated rings. The average molecular weight is 308 g/mol. The molecule has 18 heavy (non-hydrogen) atoms. The molecule has 2 aliphatic carbocycles. The predicted molar refractivity (Wildman–Crippen MR) is 79.9 cm³/mol. The van der Waals surface area contributed by atoms with Gasteiger partial charge in [-0.3, -0.25) is 0 Å². The molecule has 1 unspecified atom stereocenters. The van der Waals surface area contributed by atoms with E-state index < -0.39 is 0 Å². The second-order valence-electron chi connectivity index (χ2n) is 5.89. The maximum Gasteiger partial charge on any atom is 0.0178 e. The molecule has 0 heterocycles. The highest BCUT2D eigenvalue weighted by Crippen LogP contribution is 2.38. The van der Waals surface area contributed by atoms with Crippen molar-refractivity contribution >= 4 is 15.9 Å². The Morgan fingerprint density at radius 3 is 2.61 bits per heavy atom. The number of rotatable bonds is 5. The Kier molecular flexibility index (Phi) is 4.05. The van der Waals surface area contributed by atoms with Gasteiger partial charge in [0, 0.05) is 17.1 Å². The summed E-state index contributed by atoms with van der Waals surface area (Å²) in [6.07, 6.45) is 8.47. The van der Waals surface area contributed by atoms with Gasteiger partial charge in [0.25, 0.3) is 0 Å². The molecule has 0 radical (unpaired) electrons. The molecule has 1 aromatic rings. The summed E-state index contributed by atoms with van der Waals surface area (Å²) in [6.45, 7) is 1.17. The lowest BCUT2D eigenvalue weighted by atomic mass is 9.85. The summed E-state index contributed by atoms with van der Waals surface area (Å²) in [7, 11) is 0. The van der Waals surface area contributed by atoms with Crippen LogP contribution in [0.5, 0.6) is 0 Å². The first kappa shape index (κ1) is 12.7. The third-order valence-electron chi connectivity index (χ3n) is 4.45. The Balaban J connectivity index is 1.73. The van der Waals surface area contributed by atoms with Crippen molar-refractivity contribution in [1.82, 2.24) is 5.32 Å². The Hall–Kier alpha value is -0.340. The molecular weight excluding hydrogens is 286 g/mol. The summed E-state index contributed by atoms with van der Waals surface area (Å²) in [5.74, 6) is 1.61. The average Bonchev–Trinajstić information content (AvgIpc) is 3.03. The van der Waals surface area contributed by atoms with Gasteiger partial charge in [-0.2, -0.15) is 0 Å². The van der Waals surface area contributed by atoms with E-state index in [1.807, 2.05) is 0 Å². The summed E-state index contributed by atoms with van der Waals surface area (Å²) >= 11 is 3.61. The monoisotopic (exact) mass is 307 g/mol. The van der Waals surface area contributed by atoms with Crippen LogP contribution in [-0.2, 0) is 0 Å². The highest BCUT2D eigenvalue weighted by atomic mass is 79.9. The molecule has 2 heteroatoms. The first-order valence-corrected chi connectivity index (χ1v) is 8.11. The van der Waals surface area contributed by atoms with Gasteiger partial charge in [0.15, 0.2) is 0 Å². The van der Waals surface area contributed by atoms with E-state index in [1.165, 1.54) is 55.1 Å². The minimum absolute atomic E-state index is 0.714. The quantitative estimate of drug-likeness (QED) is 0.846. The van der Waals surface area contributed by atoms with Crippen molar-refractivity contribution < 1.29 is 0 Å². The molecule has 0 aromatic heterocycles. The summed E-state index contributed by atoms with van der Waals surface area (Å²) in [6, 6.07) is 9.75. The van der Waals surface area contributed by atoms with Crippen LogP contribution in [0.25, 0.3) is 0 Å². The van der Waals surface area contributed by atoms with Gasteiger partial charge >= 0.3 is 0 Å². The van der Waals surface area contributed by atoms with Crippen molar-refractivity contribution in [3.05, 3.63) is 34.3 Å². The van der Waals surface area contributed by atoms with Crippen LogP contribution < -0.4 is 5.32 Å². The van der Waals surface area contributed by atoms with Crippen molar-refractivity contribution in [2.75, 3.05) is 6.54 Å². The fourth-order valence-corrected chi connectivity index (χ4v) is 3.65. The minimum Gasteiger partial charge on any atom is -0.313 e. The topological polar surface area (TPSA) is 12.0 Å². The van der Waals surface area contributed by atoms with E-state index in [-0.39, 0.29) is 0 Å². The van der Waals surface area contributed by atoms with Gasteiger partial charge in [-0.15, -0.1) is 0 Å². The Bertz CT molecular complexity index is 394. The molecule has 0 bridgehead atoms. The molecule has 3 rings (SSSR count). The van der Waals surface area contributed by atoms with Crippen LogP contribution in [0.1, 0.15) is 50.0 Å². The summed E-state index contributed by atoms with van der Waals surface area (Å²) in [4.78, 5) is 0. The van der Waals surface area contributed by atoms with Crippen LogP contribution in [0.2, 0.25) is 0 Å². The molecule has 0 saturated heterocycles. The lowest BCUT2D eigenvalue weighted by Gasteiger charge is -2.24. The largest absolute Gasteiger partial charge is 0.313 e.